The fraction of sp³-hybridized carbons (Fsp3) is 0.375. The fourth-order valence-electron chi connectivity index (χ4n) is 6.79. The Morgan fingerprint density at radius 2 is 1.81 bits per heavy atom. The van der Waals surface area contributed by atoms with Crippen LogP contribution in [0.5, 0.6) is 11.6 Å². The van der Waals surface area contributed by atoms with E-state index in [-0.39, 0.29) is 22.5 Å². The second-order valence-corrected chi connectivity index (χ2v) is 12.0. The molecule has 0 amide bonds. The van der Waals surface area contributed by atoms with E-state index in [0.717, 1.165) is 38.2 Å². The summed E-state index contributed by atoms with van der Waals surface area (Å²) in [6.07, 6.45) is 8.27. The summed E-state index contributed by atoms with van der Waals surface area (Å²) in [5.41, 5.74) is 2.91. The summed E-state index contributed by atoms with van der Waals surface area (Å²) in [6.45, 7) is 7.34. The normalized spacial score (nSPS) is 19.0. The van der Waals surface area contributed by atoms with Gasteiger partial charge in [-0.1, -0.05) is 17.7 Å². The second-order valence-electron chi connectivity index (χ2n) is 11.6. The summed E-state index contributed by atoms with van der Waals surface area (Å²) in [7, 11) is 3.26. The lowest BCUT2D eigenvalue weighted by atomic mass is 9.94. The number of nitrogens with zero attached hydrogens (tertiary/aromatic N) is 5. The van der Waals surface area contributed by atoms with Gasteiger partial charge in [-0.05, 0) is 75.5 Å². The highest BCUT2D eigenvalue weighted by atomic mass is 35.5. The third kappa shape index (κ3) is 4.74. The number of phenolic OH excluding ortho intramolecular Hbond substituents is 1. The molecule has 2 fully saturated rings. The first kappa shape index (κ1) is 28.3. The summed E-state index contributed by atoms with van der Waals surface area (Å²) in [4.78, 5) is 21.9. The van der Waals surface area contributed by atoms with E-state index in [1.165, 1.54) is 27.7 Å². The number of phenols is 1. The van der Waals surface area contributed by atoms with Crippen LogP contribution < -0.4 is 15.3 Å². The second kappa shape index (κ2) is 10.8. The first-order valence-corrected chi connectivity index (χ1v) is 14.6. The van der Waals surface area contributed by atoms with E-state index >= 15 is 4.39 Å². The average molecular weight is 592 g/mol. The number of benzene rings is 2. The SMILES string of the molecule is COc1ncc(-c2cc(F)cc(-c3ccc(-n4ccn(C)c4=O)c(Cl)c3)c2O)cc1N1CCC2(CCCN2C(C)C)C1. The van der Waals surface area contributed by atoms with Crippen molar-refractivity contribution in [3.8, 4) is 39.6 Å². The number of halogens is 2. The molecule has 1 unspecified atom stereocenters. The van der Waals surface area contributed by atoms with Crippen molar-refractivity contribution in [2.75, 3.05) is 31.6 Å². The number of anilines is 1. The van der Waals surface area contributed by atoms with E-state index in [9.17, 15) is 9.90 Å². The number of ether oxygens (including phenoxy) is 1. The van der Waals surface area contributed by atoms with Crippen molar-refractivity contribution in [1.29, 1.82) is 0 Å². The molecule has 0 aliphatic carbocycles. The quantitative estimate of drug-likeness (QED) is 0.302. The number of methoxy groups -OCH3 is 1. The summed E-state index contributed by atoms with van der Waals surface area (Å²) in [5, 5.41) is 11.7. The van der Waals surface area contributed by atoms with Crippen molar-refractivity contribution in [2.45, 2.75) is 44.7 Å². The molecule has 1 N–H and O–H groups in total. The smallest absolute Gasteiger partial charge is 0.332 e. The summed E-state index contributed by atoms with van der Waals surface area (Å²) in [6, 6.07) is 10.0. The van der Waals surface area contributed by atoms with Gasteiger partial charge in [-0.25, -0.2) is 14.2 Å². The minimum Gasteiger partial charge on any atom is -0.507 e. The first-order valence-electron chi connectivity index (χ1n) is 14.2. The van der Waals surface area contributed by atoms with Crippen molar-refractivity contribution < 1.29 is 14.2 Å². The number of aromatic nitrogens is 3. The van der Waals surface area contributed by atoms with Crippen LogP contribution in [0.3, 0.4) is 0 Å². The zero-order valence-corrected chi connectivity index (χ0v) is 25.0. The molecule has 2 aromatic carbocycles. The van der Waals surface area contributed by atoms with Gasteiger partial charge in [-0.2, -0.15) is 0 Å². The zero-order valence-electron chi connectivity index (χ0n) is 24.3. The van der Waals surface area contributed by atoms with Gasteiger partial charge in [0.15, 0.2) is 0 Å². The number of aromatic hydroxyl groups is 1. The minimum absolute atomic E-state index is 0.0883. The van der Waals surface area contributed by atoms with Crippen molar-refractivity contribution in [3.05, 3.63) is 76.3 Å². The maximum absolute atomic E-state index is 15.1. The van der Waals surface area contributed by atoms with Gasteiger partial charge in [0.2, 0.25) is 5.88 Å². The standard InChI is InChI=1S/C32H35ClFN5O3/c1-20(2)39-10-5-8-32(39)9-11-37(19-32)28-15-22(18-35-30(28)42-4)25-17-23(34)16-24(29(25)40)21-6-7-27(26(33)14-21)38-13-12-36(3)31(38)41/h6-7,12-18,20,40H,5,8-11,19H2,1-4H3. The number of hydrogen-bond donors (Lipinski definition) is 1. The summed E-state index contributed by atoms with van der Waals surface area (Å²) < 4.78 is 23.6. The Balaban J connectivity index is 1.37. The molecule has 2 aliphatic heterocycles. The van der Waals surface area contributed by atoms with Gasteiger partial charge in [0.1, 0.15) is 17.3 Å². The van der Waals surface area contributed by atoms with Crippen molar-refractivity contribution >= 4 is 17.3 Å². The van der Waals surface area contributed by atoms with Gasteiger partial charge in [-0.3, -0.25) is 9.47 Å². The molecule has 220 valence electrons. The van der Waals surface area contributed by atoms with Crippen LogP contribution >= 0.6 is 11.6 Å². The maximum atomic E-state index is 15.1. The Bertz CT molecular complexity index is 1720. The van der Waals surface area contributed by atoms with Crippen molar-refractivity contribution in [2.24, 2.45) is 7.05 Å². The number of pyridine rings is 1. The maximum Gasteiger partial charge on any atom is 0.332 e. The van der Waals surface area contributed by atoms with E-state index in [0.29, 0.717) is 39.3 Å². The topological polar surface area (TPSA) is 75.8 Å². The predicted octanol–water partition coefficient (Wildman–Crippen LogP) is 5.86. The largest absolute Gasteiger partial charge is 0.507 e. The number of aryl methyl sites for hydroxylation is 1. The molecule has 2 aromatic heterocycles. The molecule has 2 saturated heterocycles. The van der Waals surface area contributed by atoms with Gasteiger partial charge in [0, 0.05) is 67.0 Å². The summed E-state index contributed by atoms with van der Waals surface area (Å²) >= 11 is 6.57. The Labute approximate surface area is 249 Å². The van der Waals surface area contributed by atoms with E-state index in [1.54, 1.807) is 50.9 Å². The first-order chi connectivity index (χ1) is 20.1. The van der Waals surface area contributed by atoms with Gasteiger partial charge in [-0.15, -0.1) is 0 Å². The molecule has 0 bridgehead atoms. The van der Waals surface area contributed by atoms with Crippen LogP contribution in [0.15, 0.2) is 59.8 Å². The number of imidazole rings is 1. The molecular formula is C32H35ClFN5O3. The molecule has 8 nitrogen and oxygen atoms in total. The van der Waals surface area contributed by atoms with Crippen LogP contribution in [0, 0.1) is 5.82 Å². The lowest BCUT2D eigenvalue weighted by Gasteiger charge is -2.38. The average Bonchev–Trinajstić information content (AvgIpc) is 3.69. The van der Waals surface area contributed by atoms with E-state index in [4.69, 9.17) is 16.3 Å². The zero-order chi connectivity index (χ0) is 29.8. The molecule has 1 spiro atoms. The van der Waals surface area contributed by atoms with Crippen LogP contribution in [0.4, 0.5) is 10.1 Å². The van der Waals surface area contributed by atoms with Crippen LogP contribution in [0.1, 0.15) is 33.1 Å². The highest BCUT2D eigenvalue weighted by molar-refractivity contribution is 6.32. The highest BCUT2D eigenvalue weighted by Crippen LogP contribution is 2.45. The number of likely N-dealkylation sites (tertiary alicyclic amines) is 1. The Morgan fingerprint density at radius 3 is 2.48 bits per heavy atom. The van der Waals surface area contributed by atoms with Crippen LogP contribution in [-0.4, -0.2) is 62.4 Å². The fourth-order valence-corrected chi connectivity index (χ4v) is 7.07. The Kier molecular flexibility index (Phi) is 7.27. The molecule has 42 heavy (non-hydrogen) atoms. The molecular weight excluding hydrogens is 557 g/mol. The molecule has 4 aromatic rings. The Morgan fingerprint density at radius 1 is 1.05 bits per heavy atom. The van der Waals surface area contributed by atoms with Crippen molar-refractivity contribution in [3.63, 3.8) is 0 Å². The molecule has 4 heterocycles. The minimum atomic E-state index is -0.506. The molecule has 0 saturated carbocycles. The van der Waals surface area contributed by atoms with Crippen LogP contribution in [0.25, 0.3) is 27.9 Å². The van der Waals surface area contributed by atoms with E-state index in [1.807, 2.05) is 6.07 Å². The van der Waals surface area contributed by atoms with E-state index in [2.05, 4.69) is 28.6 Å². The summed E-state index contributed by atoms with van der Waals surface area (Å²) in [5.74, 6) is -0.0949. The lowest BCUT2D eigenvalue weighted by molar-refractivity contribution is 0.120. The van der Waals surface area contributed by atoms with Crippen LogP contribution in [-0.2, 0) is 7.05 Å². The molecule has 1 atom stereocenters. The van der Waals surface area contributed by atoms with Gasteiger partial charge >= 0.3 is 5.69 Å². The molecule has 6 rings (SSSR count). The Hall–Kier alpha value is -3.82. The van der Waals surface area contributed by atoms with Gasteiger partial charge in [0.25, 0.3) is 0 Å². The molecule has 2 aliphatic rings. The predicted molar refractivity (Wildman–Crippen MR) is 163 cm³/mol. The van der Waals surface area contributed by atoms with Crippen LogP contribution in [0.2, 0.25) is 5.02 Å². The molecule has 10 heteroatoms. The van der Waals surface area contributed by atoms with Crippen molar-refractivity contribution in [1.82, 2.24) is 19.0 Å². The highest BCUT2D eigenvalue weighted by Gasteiger charge is 2.47. The third-order valence-electron chi connectivity index (χ3n) is 8.82. The number of hydrogen-bond acceptors (Lipinski definition) is 6. The number of rotatable bonds is 6. The van der Waals surface area contributed by atoms with Gasteiger partial charge < -0.3 is 19.3 Å². The van der Waals surface area contributed by atoms with E-state index < -0.39 is 5.82 Å². The third-order valence-corrected chi connectivity index (χ3v) is 9.13. The lowest BCUT2D eigenvalue weighted by Crippen LogP contribution is -2.49. The monoisotopic (exact) mass is 591 g/mol. The van der Waals surface area contributed by atoms with Gasteiger partial charge in [0.05, 0.1) is 17.8 Å². The molecule has 0 radical (unpaired) electrons.